The fraction of sp³-hybridized carbons (Fsp3) is 0.684. The highest BCUT2D eigenvalue weighted by Crippen LogP contribution is 2.28. The van der Waals surface area contributed by atoms with Gasteiger partial charge in [-0.25, -0.2) is 8.78 Å². The van der Waals surface area contributed by atoms with Crippen LogP contribution in [0.15, 0.2) is 36.4 Å². The average Bonchev–Trinajstić information content (AvgIpc) is 2.95. The van der Waals surface area contributed by atoms with Gasteiger partial charge in [0.1, 0.15) is 11.6 Å². The van der Waals surface area contributed by atoms with Crippen LogP contribution >= 0.6 is 0 Å². The molecule has 1 aliphatic heterocycles. The number of aryl methyl sites for hydroxylation is 3. The Kier molecular flexibility index (Phi) is 19.1. The highest BCUT2D eigenvalue weighted by Gasteiger charge is 2.14. The standard InChI is InChI=1S/C8H8F2.2C8H16.C8H10.C6H12O2.H2/c1-5-3-7(9)6(2)8(10)4-5;3*1-7-3-5-8(2)6-4-7;1-5-3-7-6(2)8-4-5;/h3-4H,1-2H3;2*7-8H,3-6H2,1-2H3;3-6H,1-2H3;5-6H,3-4H2,1-2H3;1H. The molecule has 0 aromatic heterocycles. The Balaban J connectivity index is 0.000000511. The molecule has 3 aliphatic rings. The predicted molar refractivity (Wildman–Crippen MR) is 178 cm³/mol. The minimum absolute atomic E-state index is 0. The molecule has 0 atom stereocenters. The maximum absolute atomic E-state index is 12.6. The molecule has 2 nitrogen and oxygen atoms in total. The van der Waals surface area contributed by atoms with E-state index in [0.29, 0.717) is 11.5 Å². The van der Waals surface area contributed by atoms with Crippen LogP contribution in [0.25, 0.3) is 0 Å². The van der Waals surface area contributed by atoms with Crippen LogP contribution in [0, 0.1) is 68.9 Å². The first-order valence-electron chi connectivity index (χ1n) is 16.4. The molecule has 3 fully saturated rings. The molecule has 2 aromatic rings. The van der Waals surface area contributed by atoms with E-state index in [0.717, 1.165) is 36.9 Å². The molecular weight excluding hydrogens is 526 g/mol. The largest absolute Gasteiger partial charge is 0.353 e. The van der Waals surface area contributed by atoms with E-state index in [1.807, 2.05) is 6.92 Å². The van der Waals surface area contributed by atoms with Crippen molar-refractivity contribution in [3.8, 4) is 0 Å². The number of hydrogen-bond acceptors (Lipinski definition) is 2. The highest BCUT2D eigenvalue weighted by molar-refractivity contribution is 5.23. The van der Waals surface area contributed by atoms with Gasteiger partial charge in [0, 0.05) is 12.9 Å². The van der Waals surface area contributed by atoms with Gasteiger partial charge in [-0.3, -0.25) is 0 Å². The number of benzene rings is 2. The minimum atomic E-state index is -0.475. The predicted octanol–water partition coefficient (Wildman–Crippen LogP) is 11.8. The van der Waals surface area contributed by atoms with Gasteiger partial charge in [-0.15, -0.1) is 0 Å². The summed E-state index contributed by atoms with van der Waals surface area (Å²) in [5, 5.41) is 0. The van der Waals surface area contributed by atoms with Crippen molar-refractivity contribution in [3.63, 3.8) is 0 Å². The van der Waals surface area contributed by atoms with Gasteiger partial charge < -0.3 is 9.47 Å². The number of hydrogen-bond donors (Lipinski definition) is 0. The molecular formula is C38H64F2O2. The summed E-state index contributed by atoms with van der Waals surface area (Å²) in [5.41, 5.74) is 3.36. The van der Waals surface area contributed by atoms with Crippen LogP contribution in [-0.2, 0) is 9.47 Å². The third-order valence-electron chi connectivity index (χ3n) is 8.48. The Morgan fingerprint density at radius 2 is 0.786 bits per heavy atom. The molecule has 0 N–H and O–H groups in total. The van der Waals surface area contributed by atoms with Crippen LogP contribution in [0.1, 0.15) is 117 Å². The van der Waals surface area contributed by atoms with E-state index in [1.165, 1.54) is 81.5 Å². The van der Waals surface area contributed by atoms with Crippen molar-refractivity contribution in [2.45, 2.75) is 127 Å². The first kappa shape index (κ1) is 38.2. The smallest absolute Gasteiger partial charge is 0.154 e. The lowest BCUT2D eigenvalue weighted by Gasteiger charge is -2.24. The fourth-order valence-electron chi connectivity index (χ4n) is 4.96. The lowest BCUT2D eigenvalue weighted by atomic mass is 9.84. The second-order valence-electron chi connectivity index (χ2n) is 13.6. The van der Waals surface area contributed by atoms with E-state index in [4.69, 9.17) is 9.47 Å². The summed E-state index contributed by atoms with van der Waals surface area (Å²) < 4.78 is 35.5. The molecule has 2 aliphatic carbocycles. The minimum Gasteiger partial charge on any atom is -0.353 e. The summed E-state index contributed by atoms with van der Waals surface area (Å²) in [6.45, 7) is 22.5. The zero-order valence-corrected chi connectivity index (χ0v) is 28.6. The SMILES string of the molecule is CC1CCC(C)CC1.CC1CCC(C)CC1.CC1COC(C)OC1.Cc1cc(F)c(C)c(F)c1.Cc1ccc(C)cc1.[HH]. The molecule has 0 unspecified atom stereocenters. The normalized spacial score (nSPS) is 26.9. The topological polar surface area (TPSA) is 18.5 Å². The van der Waals surface area contributed by atoms with Crippen LogP contribution < -0.4 is 0 Å². The summed E-state index contributed by atoms with van der Waals surface area (Å²) in [5.74, 6) is 3.70. The fourth-order valence-corrected chi connectivity index (χ4v) is 4.96. The third-order valence-corrected chi connectivity index (χ3v) is 8.48. The van der Waals surface area contributed by atoms with Crippen molar-refractivity contribution in [3.05, 3.63) is 70.3 Å². The van der Waals surface area contributed by atoms with Crippen LogP contribution in [-0.4, -0.2) is 19.5 Å². The van der Waals surface area contributed by atoms with Gasteiger partial charge in [-0.05, 0) is 76.0 Å². The Bertz CT molecular complexity index is 835. The van der Waals surface area contributed by atoms with E-state index in [2.05, 4.69) is 72.7 Å². The molecule has 242 valence electrons. The molecule has 0 bridgehead atoms. The molecule has 42 heavy (non-hydrogen) atoms. The van der Waals surface area contributed by atoms with Crippen molar-refractivity contribution in [2.24, 2.45) is 29.6 Å². The second kappa shape index (κ2) is 21.0. The monoisotopic (exact) mass is 590 g/mol. The number of rotatable bonds is 0. The van der Waals surface area contributed by atoms with Crippen molar-refractivity contribution >= 4 is 0 Å². The van der Waals surface area contributed by atoms with Gasteiger partial charge in [0.05, 0.1) is 13.2 Å². The van der Waals surface area contributed by atoms with Crippen LogP contribution in [0.2, 0.25) is 0 Å². The molecule has 1 heterocycles. The second-order valence-corrected chi connectivity index (χ2v) is 13.6. The quantitative estimate of drug-likeness (QED) is 0.304. The van der Waals surface area contributed by atoms with Gasteiger partial charge >= 0.3 is 0 Å². The van der Waals surface area contributed by atoms with Crippen molar-refractivity contribution < 1.29 is 19.7 Å². The Morgan fingerprint density at radius 3 is 1.05 bits per heavy atom. The highest BCUT2D eigenvalue weighted by atomic mass is 19.1. The van der Waals surface area contributed by atoms with Crippen LogP contribution in [0.4, 0.5) is 8.78 Å². The van der Waals surface area contributed by atoms with Gasteiger partial charge in [-0.2, -0.15) is 0 Å². The molecule has 2 aromatic carbocycles. The summed E-state index contributed by atoms with van der Waals surface area (Å²) in [4.78, 5) is 0. The molecule has 2 saturated carbocycles. The zero-order valence-electron chi connectivity index (χ0n) is 28.6. The first-order valence-corrected chi connectivity index (χ1v) is 16.4. The van der Waals surface area contributed by atoms with Crippen molar-refractivity contribution in [1.82, 2.24) is 0 Å². The van der Waals surface area contributed by atoms with Crippen molar-refractivity contribution in [2.75, 3.05) is 13.2 Å². The van der Waals surface area contributed by atoms with E-state index in [-0.39, 0.29) is 13.3 Å². The summed E-state index contributed by atoms with van der Waals surface area (Å²) in [6.07, 6.45) is 11.8. The lowest BCUT2D eigenvalue weighted by molar-refractivity contribution is -0.187. The molecule has 0 spiro atoms. The molecule has 0 radical (unpaired) electrons. The van der Waals surface area contributed by atoms with Crippen LogP contribution in [0.5, 0.6) is 0 Å². The maximum atomic E-state index is 12.6. The van der Waals surface area contributed by atoms with E-state index >= 15 is 0 Å². The van der Waals surface area contributed by atoms with E-state index in [9.17, 15) is 8.78 Å². The maximum Gasteiger partial charge on any atom is 0.154 e. The molecule has 0 amide bonds. The Hall–Kier alpha value is -1.78. The Labute approximate surface area is 259 Å². The molecule has 4 heteroatoms. The van der Waals surface area contributed by atoms with Crippen molar-refractivity contribution in [1.29, 1.82) is 0 Å². The summed E-state index contributed by atoms with van der Waals surface area (Å²) in [7, 11) is 0. The zero-order chi connectivity index (χ0) is 31.7. The van der Waals surface area contributed by atoms with Gasteiger partial charge in [0.2, 0.25) is 0 Å². The summed E-state index contributed by atoms with van der Waals surface area (Å²) in [6, 6.07) is 11.1. The molecule has 5 rings (SSSR count). The Morgan fingerprint density at radius 1 is 0.500 bits per heavy atom. The number of ether oxygens (including phenoxy) is 2. The lowest BCUT2D eigenvalue weighted by Crippen LogP contribution is -2.27. The van der Waals surface area contributed by atoms with E-state index in [1.54, 1.807) is 6.92 Å². The third kappa shape index (κ3) is 18.0. The van der Waals surface area contributed by atoms with Crippen LogP contribution in [0.3, 0.4) is 0 Å². The van der Waals surface area contributed by atoms with Gasteiger partial charge in [-0.1, -0.05) is 121 Å². The summed E-state index contributed by atoms with van der Waals surface area (Å²) >= 11 is 0. The van der Waals surface area contributed by atoms with Gasteiger partial charge in [0.15, 0.2) is 6.29 Å². The number of halogens is 2. The van der Waals surface area contributed by atoms with Gasteiger partial charge in [0.25, 0.3) is 0 Å². The average molecular weight is 591 g/mol. The van der Waals surface area contributed by atoms with E-state index < -0.39 is 11.6 Å². The molecule has 1 saturated heterocycles. The first-order chi connectivity index (χ1) is 19.8.